The van der Waals surface area contributed by atoms with E-state index in [9.17, 15) is 0 Å². The van der Waals surface area contributed by atoms with E-state index in [1.54, 1.807) is 7.11 Å². The zero-order valence-electron chi connectivity index (χ0n) is 19.8. The van der Waals surface area contributed by atoms with Crippen LogP contribution in [0.25, 0.3) is 0 Å². The van der Waals surface area contributed by atoms with Crippen molar-refractivity contribution in [2.45, 2.75) is 38.5 Å². The van der Waals surface area contributed by atoms with Crippen LogP contribution in [-0.2, 0) is 11.3 Å². The first kappa shape index (κ1) is 24.4. The Kier molecular flexibility index (Phi) is 8.03. The molecule has 0 aliphatic carbocycles. The summed E-state index contributed by atoms with van der Waals surface area (Å²) in [5.74, 6) is 1.78. The number of methoxy groups -OCH3 is 1. The molecule has 2 saturated heterocycles. The van der Waals surface area contributed by atoms with E-state index in [1.165, 1.54) is 16.8 Å². The third kappa shape index (κ3) is 5.35. The lowest BCUT2D eigenvalue weighted by Crippen LogP contribution is -2.48. The molecule has 2 unspecified atom stereocenters. The van der Waals surface area contributed by atoms with E-state index < -0.39 is 0 Å². The lowest BCUT2D eigenvalue weighted by atomic mass is 10.0. The summed E-state index contributed by atoms with van der Waals surface area (Å²) >= 11 is 0. The lowest BCUT2D eigenvalue weighted by Gasteiger charge is -2.40. The van der Waals surface area contributed by atoms with Gasteiger partial charge in [0.15, 0.2) is 5.82 Å². The Morgan fingerprint density at radius 3 is 2.41 bits per heavy atom. The maximum atomic E-state index is 5.86. The third-order valence-corrected chi connectivity index (χ3v) is 6.71. The van der Waals surface area contributed by atoms with Gasteiger partial charge >= 0.3 is 0 Å². The Hall–Kier alpha value is -2.68. The van der Waals surface area contributed by atoms with Crippen molar-refractivity contribution in [3.63, 3.8) is 0 Å². The molecule has 182 valence electrons. The summed E-state index contributed by atoms with van der Waals surface area (Å²) in [6, 6.07) is 17.1. The van der Waals surface area contributed by atoms with Gasteiger partial charge in [-0.3, -0.25) is 4.90 Å². The summed E-state index contributed by atoms with van der Waals surface area (Å²) in [7, 11) is 1.70. The van der Waals surface area contributed by atoms with Crippen LogP contribution in [0, 0.1) is 6.92 Å². The number of hydrogen-bond donors (Lipinski definition) is 0. The number of anilines is 1. The molecule has 0 N–H and O–H groups in total. The van der Waals surface area contributed by atoms with Crippen LogP contribution in [0.5, 0.6) is 5.75 Å². The molecule has 0 amide bonds. The minimum absolute atomic E-state index is 0. The molecule has 2 fully saturated rings. The van der Waals surface area contributed by atoms with Gasteiger partial charge in [-0.2, -0.15) is 0 Å². The predicted molar refractivity (Wildman–Crippen MR) is 134 cm³/mol. The molecule has 9 heteroatoms. The first-order chi connectivity index (χ1) is 16.2. The average molecular weight is 485 g/mol. The quantitative estimate of drug-likeness (QED) is 0.508. The molecule has 0 saturated carbocycles. The molecular formula is C25H33ClN6O2. The molecule has 3 heterocycles. The van der Waals surface area contributed by atoms with Crippen LogP contribution in [0.4, 0.5) is 5.69 Å². The van der Waals surface area contributed by atoms with Crippen LogP contribution >= 0.6 is 12.4 Å². The number of aryl methyl sites for hydroxylation is 1. The predicted octanol–water partition coefficient (Wildman–Crippen LogP) is 3.50. The Morgan fingerprint density at radius 1 is 1.03 bits per heavy atom. The molecule has 2 aromatic carbocycles. The second-order valence-electron chi connectivity index (χ2n) is 8.89. The van der Waals surface area contributed by atoms with Crippen LogP contribution in [0.15, 0.2) is 48.5 Å². The Morgan fingerprint density at radius 2 is 1.76 bits per heavy atom. The van der Waals surface area contributed by atoms with Crippen LogP contribution in [0.2, 0.25) is 0 Å². The van der Waals surface area contributed by atoms with Crippen molar-refractivity contribution >= 4 is 18.1 Å². The number of rotatable bonds is 7. The summed E-state index contributed by atoms with van der Waals surface area (Å²) in [5, 5.41) is 12.9. The van der Waals surface area contributed by atoms with Gasteiger partial charge in [-0.1, -0.05) is 29.8 Å². The monoisotopic (exact) mass is 484 g/mol. The van der Waals surface area contributed by atoms with Crippen molar-refractivity contribution in [3.05, 3.63) is 65.5 Å². The summed E-state index contributed by atoms with van der Waals surface area (Å²) in [6.07, 6.45) is 2.36. The number of benzene rings is 2. The van der Waals surface area contributed by atoms with Gasteiger partial charge in [-0.25, -0.2) is 4.68 Å². The molecule has 3 aromatic rings. The van der Waals surface area contributed by atoms with Crippen LogP contribution in [-0.4, -0.2) is 71.1 Å². The van der Waals surface area contributed by atoms with E-state index in [0.29, 0.717) is 6.54 Å². The van der Waals surface area contributed by atoms with Gasteiger partial charge in [-0.15, -0.1) is 17.5 Å². The second-order valence-corrected chi connectivity index (χ2v) is 8.89. The minimum atomic E-state index is 0. The Balaban J connectivity index is 0.00000274. The van der Waals surface area contributed by atoms with Crippen molar-refractivity contribution in [3.8, 4) is 5.75 Å². The summed E-state index contributed by atoms with van der Waals surface area (Å²) in [5.41, 5.74) is 3.70. The van der Waals surface area contributed by atoms with E-state index in [-0.39, 0.29) is 24.6 Å². The Bertz CT molecular complexity index is 1030. The SMILES string of the molecule is COc1ccc(N2CCN(C(c3ccc(C)cc3)c3nnnn3CC3CCCO3)CC2)cc1.Cl. The highest BCUT2D eigenvalue weighted by Gasteiger charge is 2.31. The van der Waals surface area contributed by atoms with Gasteiger partial charge in [0.25, 0.3) is 0 Å². The smallest absolute Gasteiger partial charge is 0.173 e. The normalized spacial score (nSPS) is 19.6. The highest BCUT2D eigenvalue weighted by Crippen LogP contribution is 2.30. The third-order valence-electron chi connectivity index (χ3n) is 6.71. The van der Waals surface area contributed by atoms with Crippen molar-refractivity contribution in [2.24, 2.45) is 0 Å². The van der Waals surface area contributed by atoms with Crippen LogP contribution < -0.4 is 9.64 Å². The van der Waals surface area contributed by atoms with Crippen molar-refractivity contribution in [1.82, 2.24) is 25.1 Å². The zero-order valence-corrected chi connectivity index (χ0v) is 20.7. The molecule has 8 nitrogen and oxygen atoms in total. The van der Waals surface area contributed by atoms with Crippen molar-refractivity contribution < 1.29 is 9.47 Å². The fraction of sp³-hybridized carbons (Fsp3) is 0.480. The van der Waals surface area contributed by atoms with Crippen LogP contribution in [0.1, 0.15) is 35.8 Å². The van der Waals surface area contributed by atoms with Crippen molar-refractivity contribution in [1.29, 1.82) is 0 Å². The number of hydrogen-bond acceptors (Lipinski definition) is 7. The largest absolute Gasteiger partial charge is 0.497 e. The number of tetrazole rings is 1. The summed E-state index contributed by atoms with van der Waals surface area (Å²) < 4.78 is 13.1. The number of aromatic nitrogens is 4. The lowest BCUT2D eigenvalue weighted by molar-refractivity contribution is 0.0906. The Labute approximate surface area is 207 Å². The van der Waals surface area contributed by atoms with Gasteiger partial charge in [0, 0.05) is 38.5 Å². The van der Waals surface area contributed by atoms with Gasteiger partial charge in [0.1, 0.15) is 5.75 Å². The molecule has 2 atom stereocenters. The number of halogens is 1. The topological polar surface area (TPSA) is 68.5 Å². The summed E-state index contributed by atoms with van der Waals surface area (Å²) in [6.45, 7) is 7.40. The highest BCUT2D eigenvalue weighted by molar-refractivity contribution is 5.85. The van der Waals surface area contributed by atoms with E-state index in [2.05, 4.69) is 68.6 Å². The molecular weight excluding hydrogens is 452 g/mol. The molecule has 34 heavy (non-hydrogen) atoms. The van der Waals surface area contributed by atoms with Gasteiger partial charge < -0.3 is 14.4 Å². The standard InChI is InChI=1S/C25H32N6O2.ClH/c1-19-5-7-20(8-6-19)24(25-26-27-28-31(25)18-23-4-3-17-33-23)30-15-13-29(14-16-30)21-9-11-22(32-2)12-10-21;/h5-12,23-24H,3-4,13-18H2,1-2H3;1H. The van der Waals surface area contributed by atoms with E-state index in [4.69, 9.17) is 9.47 Å². The number of piperazine rings is 1. The van der Waals surface area contributed by atoms with Gasteiger partial charge in [0.2, 0.25) is 0 Å². The maximum absolute atomic E-state index is 5.86. The van der Waals surface area contributed by atoms with Crippen LogP contribution in [0.3, 0.4) is 0 Å². The van der Waals surface area contributed by atoms with Gasteiger partial charge in [0.05, 0.1) is 25.8 Å². The minimum Gasteiger partial charge on any atom is -0.497 e. The molecule has 0 spiro atoms. The second kappa shape index (κ2) is 11.2. The fourth-order valence-electron chi connectivity index (χ4n) is 4.82. The summed E-state index contributed by atoms with van der Waals surface area (Å²) in [4.78, 5) is 4.93. The first-order valence-corrected chi connectivity index (χ1v) is 11.8. The average Bonchev–Trinajstić information content (AvgIpc) is 3.54. The molecule has 1 aromatic heterocycles. The molecule has 5 rings (SSSR count). The van der Waals surface area contributed by atoms with Gasteiger partial charge in [-0.05, 0) is 60.0 Å². The number of nitrogens with zero attached hydrogens (tertiary/aromatic N) is 6. The fourth-order valence-corrected chi connectivity index (χ4v) is 4.82. The molecule has 2 aliphatic heterocycles. The first-order valence-electron chi connectivity index (χ1n) is 11.8. The van der Waals surface area contributed by atoms with E-state index in [0.717, 1.165) is 57.2 Å². The molecule has 0 radical (unpaired) electrons. The number of ether oxygens (including phenoxy) is 2. The molecule has 0 bridgehead atoms. The molecule has 2 aliphatic rings. The van der Waals surface area contributed by atoms with E-state index in [1.807, 2.05) is 16.8 Å². The maximum Gasteiger partial charge on any atom is 0.173 e. The highest BCUT2D eigenvalue weighted by atomic mass is 35.5. The zero-order chi connectivity index (χ0) is 22.6. The van der Waals surface area contributed by atoms with E-state index >= 15 is 0 Å². The van der Waals surface area contributed by atoms with Crippen molar-refractivity contribution in [2.75, 3.05) is 44.8 Å².